The van der Waals surface area contributed by atoms with E-state index in [0.29, 0.717) is 12.2 Å². The number of halogens is 1. The van der Waals surface area contributed by atoms with Crippen LogP contribution in [0.15, 0.2) is 57.9 Å². The van der Waals surface area contributed by atoms with E-state index in [2.05, 4.69) is 26.0 Å². The number of hydrogen-bond donors (Lipinski definition) is 2. The molecule has 0 fully saturated rings. The van der Waals surface area contributed by atoms with Gasteiger partial charge in [0.1, 0.15) is 0 Å². The number of hydrogen-bond acceptors (Lipinski definition) is 3. The van der Waals surface area contributed by atoms with Gasteiger partial charge < -0.3 is 5.32 Å². The number of sulfonamides is 1. The number of benzene rings is 2. The molecule has 0 amide bonds. The van der Waals surface area contributed by atoms with Crippen molar-refractivity contribution >= 4 is 31.6 Å². The van der Waals surface area contributed by atoms with Crippen LogP contribution in [0.3, 0.4) is 0 Å². The van der Waals surface area contributed by atoms with Gasteiger partial charge in [-0.25, -0.2) is 8.42 Å². The van der Waals surface area contributed by atoms with Crippen LogP contribution in [0.25, 0.3) is 0 Å². The molecule has 0 aliphatic carbocycles. The normalized spacial score (nSPS) is 11.3. The lowest BCUT2D eigenvalue weighted by atomic mass is 10.2. The summed E-state index contributed by atoms with van der Waals surface area (Å²) in [5.41, 5.74) is 1.57. The van der Waals surface area contributed by atoms with Gasteiger partial charge in [-0.3, -0.25) is 4.72 Å². The van der Waals surface area contributed by atoms with E-state index in [0.717, 1.165) is 10.0 Å². The maximum absolute atomic E-state index is 12.2. The van der Waals surface area contributed by atoms with Crippen LogP contribution < -0.4 is 10.0 Å². The average molecular weight is 355 g/mol. The molecule has 2 rings (SSSR count). The molecule has 0 aliphatic heterocycles. The molecule has 0 bridgehead atoms. The first-order valence-electron chi connectivity index (χ1n) is 6.03. The second-order valence-corrected chi connectivity index (χ2v) is 6.89. The minimum atomic E-state index is -3.55. The monoisotopic (exact) mass is 354 g/mol. The quantitative estimate of drug-likeness (QED) is 0.867. The summed E-state index contributed by atoms with van der Waals surface area (Å²) in [6.45, 7) is 0.688. The highest BCUT2D eigenvalue weighted by Gasteiger charge is 2.13. The molecule has 0 unspecified atom stereocenters. The number of rotatable bonds is 5. The van der Waals surface area contributed by atoms with Crippen LogP contribution in [-0.2, 0) is 16.6 Å². The molecule has 6 heteroatoms. The topological polar surface area (TPSA) is 58.2 Å². The maximum Gasteiger partial charge on any atom is 0.261 e. The zero-order valence-corrected chi connectivity index (χ0v) is 13.3. The largest absolute Gasteiger partial charge is 0.316 e. The third-order valence-electron chi connectivity index (χ3n) is 2.68. The standard InChI is InChI=1S/C14H15BrN2O2S/c1-16-10-11-3-2-4-13(9-11)17-20(18,19)14-7-5-12(15)6-8-14/h2-9,16-17H,10H2,1H3. The molecule has 20 heavy (non-hydrogen) atoms. The summed E-state index contributed by atoms with van der Waals surface area (Å²) in [7, 11) is -1.71. The third-order valence-corrected chi connectivity index (χ3v) is 4.61. The van der Waals surface area contributed by atoms with E-state index in [4.69, 9.17) is 0 Å². The van der Waals surface area contributed by atoms with Gasteiger partial charge in [0, 0.05) is 16.7 Å². The van der Waals surface area contributed by atoms with E-state index < -0.39 is 10.0 Å². The molecule has 0 saturated heterocycles. The summed E-state index contributed by atoms with van der Waals surface area (Å²) in [5, 5.41) is 3.03. The van der Waals surface area contributed by atoms with Gasteiger partial charge in [0.25, 0.3) is 10.0 Å². The molecule has 0 spiro atoms. The van der Waals surface area contributed by atoms with Crippen molar-refractivity contribution in [3.63, 3.8) is 0 Å². The SMILES string of the molecule is CNCc1cccc(NS(=O)(=O)c2ccc(Br)cc2)c1. The Balaban J connectivity index is 2.24. The van der Waals surface area contributed by atoms with Crippen molar-refractivity contribution in [3.8, 4) is 0 Å². The van der Waals surface area contributed by atoms with E-state index in [1.54, 1.807) is 30.3 Å². The van der Waals surface area contributed by atoms with Gasteiger partial charge >= 0.3 is 0 Å². The van der Waals surface area contributed by atoms with Crippen LogP contribution >= 0.6 is 15.9 Å². The van der Waals surface area contributed by atoms with Crippen molar-refractivity contribution in [1.82, 2.24) is 5.32 Å². The number of anilines is 1. The first kappa shape index (κ1) is 15.0. The molecule has 0 heterocycles. The molecule has 2 aromatic rings. The fourth-order valence-electron chi connectivity index (χ4n) is 1.78. The zero-order valence-electron chi connectivity index (χ0n) is 10.9. The molecule has 0 radical (unpaired) electrons. The maximum atomic E-state index is 12.2. The van der Waals surface area contributed by atoms with Gasteiger partial charge in [-0.2, -0.15) is 0 Å². The summed E-state index contributed by atoms with van der Waals surface area (Å²) in [6.07, 6.45) is 0. The summed E-state index contributed by atoms with van der Waals surface area (Å²) in [5.74, 6) is 0. The van der Waals surface area contributed by atoms with Crippen molar-refractivity contribution in [2.45, 2.75) is 11.4 Å². The second kappa shape index (κ2) is 6.39. The van der Waals surface area contributed by atoms with Crippen LogP contribution in [0, 0.1) is 0 Å². The van der Waals surface area contributed by atoms with Crippen LogP contribution in [0.4, 0.5) is 5.69 Å². The van der Waals surface area contributed by atoms with Crippen LogP contribution in [0.2, 0.25) is 0 Å². The summed E-state index contributed by atoms with van der Waals surface area (Å²) < 4.78 is 27.9. The van der Waals surface area contributed by atoms with E-state index >= 15 is 0 Å². The van der Waals surface area contributed by atoms with Gasteiger partial charge in [0.2, 0.25) is 0 Å². The molecule has 2 N–H and O–H groups in total. The summed E-state index contributed by atoms with van der Waals surface area (Å²) >= 11 is 3.28. The van der Waals surface area contributed by atoms with Crippen molar-refractivity contribution in [2.24, 2.45) is 0 Å². The fraction of sp³-hybridized carbons (Fsp3) is 0.143. The Morgan fingerprint density at radius 1 is 1.10 bits per heavy atom. The molecule has 0 aromatic heterocycles. The highest BCUT2D eigenvalue weighted by molar-refractivity contribution is 9.10. The highest BCUT2D eigenvalue weighted by atomic mass is 79.9. The molecule has 0 saturated carbocycles. The first-order chi connectivity index (χ1) is 9.51. The predicted molar refractivity (Wildman–Crippen MR) is 84.2 cm³/mol. The van der Waals surface area contributed by atoms with Gasteiger partial charge in [-0.05, 0) is 49.0 Å². The summed E-state index contributed by atoms with van der Waals surface area (Å²) in [4.78, 5) is 0.236. The van der Waals surface area contributed by atoms with Gasteiger partial charge in [0.05, 0.1) is 4.90 Å². The lowest BCUT2D eigenvalue weighted by Crippen LogP contribution is -2.13. The van der Waals surface area contributed by atoms with Crippen molar-refractivity contribution < 1.29 is 8.42 Å². The minimum absolute atomic E-state index is 0.236. The van der Waals surface area contributed by atoms with Gasteiger partial charge in [-0.15, -0.1) is 0 Å². The number of nitrogens with one attached hydrogen (secondary N) is 2. The lowest BCUT2D eigenvalue weighted by Gasteiger charge is -2.09. The molecule has 4 nitrogen and oxygen atoms in total. The molecular formula is C14H15BrN2O2S. The van der Waals surface area contributed by atoms with E-state index in [9.17, 15) is 8.42 Å². The smallest absolute Gasteiger partial charge is 0.261 e. The Kier molecular flexibility index (Phi) is 4.80. The van der Waals surface area contributed by atoms with Crippen molar-refractivity contribution in [1.29, 1.82) is 0 Å². The summed E-state index contributed by atoms with van der Waals surface area (Å²) in [6, 6.07) is 13.8. The van der Waals surface area contributed by atoms with Gasteiger partial charge in [-0.1, -0.05) is 28.1 Å². The second-order valence-electron chi connectivity index (χ2n) is 4.29. The van der Waals surface area contributed by atoms with Crippen molar-refractivity contribution in [3.05, 3.63) is 58.6 Å². The molecular weight excluding hydrogens is 340 g/mol. The minimum Gasteiger partial charge on any atom is -0.316 e. The predicted octanol–water partition coefficient (Wildman–Crippen LogP) is 2.97. The Morgan fingerprint density at radius 3 is 2.45 bits per heavy atom. The zero-order chi connectivity index (χ0) is 14.6. The third kappa shape index (κ3) is 3.82. The van der Waals surface area contributed by atoms with Crippen LogP contribution in [-0.4, -0.2) is 15.5 Å². The van der Waals surface area contributed by atoms with Crippen LogP contribution in [0.5, 0.6) is 0 Å². The molecule has 0 aliphatic rings. The molecule has 106 valence electrons. The van der Waals surface area contributed by atoms with E-state index in [1.807, 2.05) is 25.2 Å². The first-order valence-corrected chi connectivity index (χ1v) is 8.31. The van der Waals surface area contributed by atoms with Gasteiger partial charge in [0.15, 0.2) is 0 Å². The Morgan fingerprint density at radius 2 is 1.80 bits per heavy atom. The van der Waals surface area contributed by atoms with Crippen molar-refractivity contribution in [2.75, 3.05) is 11.8 Å². The molecule has 2 aromatic carbocycles. The Labute approximate surface area is 127 Å². The fourth-order valence-corrected chi connectivity index (χ4v) is 3.09. The van der Waals surface area contributed by atoms with E-state index in [-0.39, 0.29) is 4.90 Å². The lowest BCUT2D eigenvalue weighted by molar-refractivity contribution is 0.601. The molecule has 0 atom stereocenters. The highest BCUT2D eigenvalue weighted by Crippen LogP contribution is 2.19. The van der Waals surface area contributed by atoms with E-state index in [1.165, 1.54) is 0 Å². The average Bonchev–Trinajstić information content (AvgIpc) is 2.39. The Hall–Kier alpha value is -1.37. The Bertz CT molecular complexity index is 685. The van der Waals surface area contributed by atoms with Crippen LogP contribution in [0.1, 0.15) is 5.56 Å².